The van der Waals surface area contributed by atoms with Crippen LogP contribution < -0.4 is 5.73 Å². The summed E-state index contributed by atoms with van der Waals surface area (Å²) < 4.78 is 5.27. The maximum atomic E-state index is 12.5. The maximum Gasteiger partial charge on any atom is 0.254 e. The quantitative estimate of drug-likeness (QED) is 0.806. The summed E-state index contributed by atoms with van der Waals surface area (Å²) in [6, 6.07) is 3.04. The predicted molar refractivity (Wildman–Crippen MR) is 70.8 cm³/mol. The minimum absolute atomic E-state index is 0.104. The van der Waals surface area contributed by atoms with Gasteiger partial charge in [-0.05, 0) is 18.6 Å². The molecule has 1 aromatic rings. The molecule has 0 radical (unpaired) electrons. The lowest BCUT2D eigenvalue weighted by Gasteiger charge is -2.34. The van der Waals surface area contributed by atoms with Gasteiger partial charge in [-0.1, -0.05) is 6.92 Å². The molecule has 0 aliphatic carbocycles. The van der Waals surface area contributed by atoms with E-state index in [1.54, 1.807) is 17.0 Å². The maximum absolute atomic E-state index is 12.5. The Morgan fingerprint density at radius 2 is 2.42 bits per heavy atom. The highest BCUT2D eigenvalue weighted by Gasteiger charge is 2.27. The van der Waals surface area contributed by atoms with Crippen LogP contribution in [0.15, 0.2) is 12.1 Å². The fourth-order valence-electron chi connectivity index (χ4n) is 2.15. The lowest BCUT2D eigenvalue weighted by molar-refractivity contribution is -0.0184. The zero-order valence-electron chi connectivity index (χ0n) is 11.0. The van der Waals surface area contributed by atoms with Gasteiger partial charge in [0.1, 0.15) is 5.82 Å². The first kappa shape index (κ1) is 13.8. The number of hydrogen-bond acceptors (Lipinski definition) is 5. The van der Waals surface area contributed by atoms with Crippen molar-refractivity contribution < 1.29 is 14.6 Å². The van der Waals surface area contributed by atoms with Crippen LogP contribution in [0.4, 0.5) is 5.82 Å². The molecule has 1 amide bonds. The summed E-state index contributed by atoms with van der Waals surface area (Å²) in [6.45, 7) is 3.19. The first-order valence-corrected chi connectivity index (χ1v) is 6.41. The van der Waals surface area contributed by atoms with Gasteiger partial charge < -0.3 is 20.5 Å². The molecule has 3 N–H and O–H groups in total. The Bertz CT molecular complexity index is 464. The van der Waals surface area contributed by atoms with E-state index in [0.717, 1.165) is 12.1 Å². The van der Waals surface area contributed by atoms with Crippen LogP contribution in [0.3, 0.4) is 0 Å². The summed E-state index contributed by atoms with van der Waals surface area (Å²) in [5, 5.41) is 9.30. The van der Waals surface area contributed by atoms with Crippen LogP contribution in [0.5, 0.6) is 0 Å². The van der Waals surface area contributed by atoms with Crippen LogP contribution in [0.25, 0.3) is 0 Å². The van der Waals surface area contributed by atoms with Crippen LogP contribution in [0, 0.1) is 0 Å². The first-order valence-electron chi connectivity index (χ1n) is 6.41. The van der Waals surface area contributed by atoms with E-state index in [1.807, 2.05) is 6.92 Å². The minimum Gasteiger partial charge on any atom is -0.394 e. The number of ether oxygens (including phenoxy) is 1. The van der Waals surface area contributed by atoms with E-state index >= 15 is 0 Å². The summed E-state index contributed by atoms with van der Waals surface area (Å²) in [4.78, 5) is 18.3. The van der Waals surface area contributed by atoms with Gasteiger partial charge in [-0.15, -0.1) is 0 Å². The summed E-state index contributed by atoms with van der Waals surface area (Å²) in [5.74, 6) is 0.211. The van der Waals surface area contributed by atoms with Gasteiger partial charge >= 0.3 is 0 Å². The Hall–Kier alpha value is -1.66. The number of amides is 1. The molecular formula is C13H19N3O3. The number of aliphatic hydroxyl groups is 1. The van der Waals surface area contributed by atoms with Crippen molar-refractivity contribution >= 4 is 11.7 Å². The van der Waals surface area contributed by atoms with Crippen molar-refractivity contribution in [3.8, 4) is 0 Å². The summed E-state index contributed by atoms with van der Waals surface area (Å²) in [6.07, 6.45) is 0.720. The number of pyridine rings is 1. The monoisotopic (exact) mass is 265 g/mol. The highest BCUT2D eigenvalue weighted by molar-refractivity contribution is 5.95. The second kappa shape index (κ2) is 5.99. The Morgan fingerprint density at radius 3 is 3.11 bits per heavy atom. The summed E-state index contributed by atoms with van der Waals surface area (Å²) in [7, 11) is 0. The number of anilines is 1. The SMILES string of the molecule is CCc1cc(C(=O)N2CCOCC2CO)cc(N)n1. The van der Waals surface area contributed by atoms with Crippen molar-refractivity contribution in [2.24, 2.45) is 0 Å². The zero-order chi connectivity index (χ0) is 13.8. The predicted octanol–water partition coefficient (Wildman–Crippen LogP) is 0.0595. The van der Waals surface area contributed by atoms with Crippen molar-refractivity contribution in [3.05, 3.63) is 23.4 Å². The molecule has 1 atom stereocenters. The second-order valence-corrected chi connectivity index (χ2v) is 4.54. The van der Waals surface area contributed by atoms with Crippen molar-refractivity contribution in [3.63, 3.8) is 0 Å². The molecule has 1 aliphatic heterocycles. The number of nitrogens with two attached hydrogens (primary N) is 1. The Labute approximate surface area is 112 Å². The molecule has 1 aromatic heterocycles. The molecule has 2 heterocycles. The van der Waals surface area contributed by atoms with E-state index in [9.17, 15) is 9.90 Å². The number of aromatic nitrogens is 1. The summed E-state index contributed by atoms with van der Waals surface area (Å²) in [5.41, 5.74) is 7.02. The number of nitrogen functional groups attached to an aromatic ring is 1. The van der Waals surface area contributed by atoms with Gasteiger partial charge in [-0.3, -0.25) is 4.79 Å². The summed E-state index contributed by atoms with van der Waals surface area (Å²) >= 11 is 0. The Kier molecular flexibility index (Phi) is 4.34. The number of carbonyl (C=O) groups excluding carboxylic acids is 1. The number of aryl methyl sites for hydroxylation is 1. The highest BCUT2D eigenvalue weighted by Crippen LogP contribution is 2.15. The first-order chi connectivity index (χ1) is 9.15. The molecular weight excluding hydrogens is 246 g/mol. The van der Waals surface area contributed by atoms with E-state index in [2.05, 4.69) is 4.98 Å². The van der Waals surface area contributed by atoms with Gasteiger partial charge in [0.25, 0.3) is 5.91 Å². The van der Waals surface area contributed by atoms with Crippen LogP contribution in [-0.4, -0.2) is 53.3 Å². The molecule has 19 heavy (non-hydrogen) atoms. The third-order valence-electron chi connectivity index (χ3n) is 3.21. The molecule has 104 valence electrons. The number of nitrogens with zero attached hydrogens (tertiary/aromatic N) is 2. The van der Waals surface area contributed by atoms with Crippen LogP contribution in [-0.2, 0) is 11.2 Å². The zero-order valence-corrected chi connectivity index (χ0v) is 11.0. The standard InChI is InChI=1S/C13H19N3O3/c1-2-10-5-9(6-12(14)15-10)13(18)16-3-4-19-8-11(16)7-17/h5-6,11,17H,2-4,7-8H2,1H3,(H2,14,15). The fraction of sp³-hybridized carbons (Fsp3) is 0.538. The lowest BCUT2D eigenvalue weighted by Crippen LogP contribution is -2.50. The third-order valence-corrected chi connectivity index (χ3v) is 3.21. The highest BCUT2D eigenvalue weighted by atomic mass is 16.5. The molecule has 1 saturated heterocycles. The molecule has 0 spiro atoms. The number of hydrogen-bond donors (Lipinski definition) is 2. The topological polar surface area (TPSA) is 88.7 Å². The van der Waals surface area contributed by atoms with Gasteiger partial charge in [0.15, 0.2) is 0 Å². The fourth-order valence-corrected chi connectivity index (χ4v) is 2.15. The molecule has 1 unspecified atom stereocenters. The van der Waals surface area contributed by atoms with E-state index < -0.39 is 0 Å². The van der Waals surface area contributed by atoms with Crippen LogP contribution in [0.2, 0.25) is 0 Å². The van der Waals surface area contributed by atoms with Gasteiger partial charge in [0, 0.05) is 17.8 Å². The van der Waals surface area contributed by atoms with Crippen molar-refractivity contribution in [1.82, 2.24) is 9.88 Å². The van der Waals surface area contributed by atoms with Gasteiger partial charge in [0.05, 0.1) is 25.9 Å². The average Bonchev–Trinajstić information content (AvgIpc) is 2.45. The molecule has 6 nitrogen and oxygen atoms in total. The smallest absolute Gasteiger partial charge is 0.254 e. The molecule has 0 bridgehead atoms. The van der Waals surface area contributed by atoms with Crippen molar-refractivity contribution in [1.29, 1.82) is 0 Å². The second-order valence-electron chi connectivity index (χ2n) is 4.54. The van der Waals surface area contributed by atoms with Crippen LogP contribution >= 0.6 is 0 Å². The van der Waals surface area contributed by atoms with Gasteiger partial charge in [-0.25, -0.2) is 4.98 Å². The van der Waals surface area contributed by atoms with Gasteiger partial charge in [0.2, 0.25) is 0 Å². The third kappa shape index (κ3) is 3.02. The van der Waals surface area contributed by atoms with Crippen molar-refractivity contribution in [2.75, 3.05) is 32.1 Å². The molecule has 2 rings (SSSR count). The lowest BCUT2D eigenvalue weighted by atomic mass is 10.1. The van der Waals surface area contributed by atoms with Gasteiger partial charge in [-0.2, -0.15) is 0 Å². The Balaban J connectivity index is 2.24. The number of morpholine rings is 1. The van der Waals surface area contributed by atoms with E-state index in [4.69, 9.17) is 10.5 Å². The van der Waals surface area contributed by atoms with Crippen molar-refractivity contribution in [2.45, 2.75) is 19.4 Å². The Morgan fingerprint density at radius 1 is 1.63 bits per heavy atom. The molecule has 0 aromatic carbocycles. The van der Waals surface area contributed by atoms with E-state index in [-0.39, 0.29) is 18.6 Å². The normalized spacial score (nSPS) is 19.5. The average molecular weight is 265 g/mol. The minimum atomic E-state index is -0.291. The molecule has 6 heteroatoms. The van der Waals surface area contributed by atoms with E-state index in [0.29, 0.717) is 31.1 Å². The largest absolute Gasteiger partial charge is 0.394 e. The number of aliphatic hydroxyl groups excluding tert-OH is 1. The molecule has 1 fully saturated rings. The van der Waals surface area contributed by atoms with Crippen LogP contribution in [0.1, 0.15) is 23.0 Å². The number of rotatable bonds is 3. The molecule has 1 aliphatic rings. The number of carbonyl (C=O) groups is 1. The van der Waals surface area contributed by atoms with E-state index in [1.165, 1.54) is 0 Å². The molecule has 0 saturated carbocycles.